The lowest BCUT2D eigenvalue weighted by atomic mass is 9.94. The molecule has 2 aliphatic heterocycles. The maximum Gasteiger partial charge on any atom is 0.327 e. The van der Waals surface area contributed by atoms with Gasteiger partial charge in [-0.3, -0.25) is 24.5 Å². The second-order valence-corrected chi connectivity index (χ2v) is 11.5. The van der Waals surface area contributed by atoms with Crippen molar-refractivity contribution in [3.63, 3.8) is 0 Å². The third kappa shape index (κ3) is 4.87. The van der Waals surface area contributed by atoms with E-state index in [2.05, 4.69) is 5.87 Å². The van der Waals surface area contributed by atoms with Crippen LogP contribution >= 0.6 is 10.5 Å². The highest BCUT2D eigenvalue weighted by Gasteiger charge is 2.62. The van der Waals surface area contributed by atoms with Gasteiger partial charge in [0.25, 0.3) is 11.6 Å². The predicted molar refractivity (Wildman–Crippen MR) is 123 cm³/mol. The fourth-order valence-corrected chi connectivity index (χ4v) is 5.32. The van der Waals surface area contributed by atoms with Crippen molar-refractivity contribution in [1.82, 2.24) is 4.90 Å². The molecule has 1 aromatic rings. The van der Waals surface area contributed by atoms with E-state index in [1.165, 1.54) is 35.2 Å². The van der Waals surface area contributed by atoms with Gasteiger partial charge in [-0.05, 0) is 52.8 Å². The minimum atomic E-state index is -1.09. The SMILES string of the molecule is C=S1[C@@H]2C(=CC(=O)c3ccc([N+](=O)[O-])cc3)C(=O)N2[C@@H](C(=O)O)C1(C)C.CC(C)(C)C(=O)O. The minimum Gasteiger partial charge on any atom is -0.481 e. The van der Waals surface area contributed by atoms with Crippen molar-refractivity contribution in [1.29, 1.82) is 0 Å². The van der Waals surface area contributed by atoms with Crippen LogP contribution in [0.4, 0.5) is 5.69 Å². The zero-order valence-electron chi connectivity index (χ0n) is 18.9. The number of carbonyl (C=O) groups is 4. The number of allylic oxidation sites excluding steroid dienone is 1. The van der Waals surface area contributed by atoms with Gasteiger partial charge in [0, 0.05) is 22.4 Å². The summed E-state index contributed by atoms with van der Waals surface area (Å²) in [5, 5.41) is 27.9. The Balaban J connectivity index is 0.000000479. The van der Waals surface area contributed by atoms with Gasteiger partial charge < -0.3 is 15.1 Å². The number of carbonyl (C=O) groups excluding carboxylic acids is 2. The summed E-state index contributed by atoms with van der Waals surface area (Å²) in [6.45, 7) is 8.49. The number of non-ortho nitro benzene ring substituents is 1. The van der Waals surface area contributed by atoms with Gasteiger partial charge >= 0.3 is 11.9 Å². The van der Waals surface area contributed by atoms with Crippen molar-refractivity contribution in [2.45, 2.75) is 50.8 Å². The number of carboxylic acid groups (broad SMARTS) is 2. The van der Waals surface area contributed by atoms with Gasteiger partial charge in [-0.15, -0.1) is 0 Å². The predicted octanol–water partition coefficient (Wildman–Crippen LogP) is 2.94. The molecule has 0 radical (unpaired) electrons. The van der Waals surface area contributed by atoms with Gasteiger partial charge in [-0.25, -0.2) is 4.79 Å². The Bertz CT molecular complexity index is 1080. The highest BCUT2D eigenvalue weighted by molar-refractivity contribution is 8.16. The summed E-state index contributed by atoms with van der Waals surface area (Å²) in [6, 6.07) is 4.09. The van der Waals surface area contributed by atoms with E-state index in [4.69, 9.17) is 5.11 Å². The quantitative estimate of drug-likeness (QED) is 0.167. The molecule has 0 bridgehead atoms. The first kappa shape index (κ1) is 25.9. The third-order valence-corrected chi connectivity index (χ3v) is 8.00. The van der Waals surface area contributed by atoms with Gasteiger partial charge in [0.15, 0.2) is 5.78 Å². The summed E-state index contributed by atoms with van der Waals surface area (Å²) >= 11 is 0. The molecule has 2 heterocycles. The van der Waals surface area contributed by atoms with Crippen molar-refractivity contribution in [2.75, 3.05) is 0 Å². The van der Waals surface area contributed by atoms with E-state index in [0.29, 0.717) is 0 Å². The first-order valence-electron chi connectivity index (χ1n) is 9.84. The molecule has 2 N–H and O–H groups in total. The van der Waals surface area contributed by atoms with Crippen LogP contribution < -0.4 is 0 Å². The van der Waals surface area contributed by atoms with E-state index >= 15 is 0 Å². The van der Waals surface area contributed by atoms with E-state index in [0.717, 1.165) is 0 Å². The Hall–Kier alpha value is -3.34. The van der Waals surface area contributed by atoms with Crippen LogP contribution in [0.25, 0.3) is 0 Å². The van der Waals surface area contributed by atoms with Crippen LogP contribution in [0.15, 0.2) is 35.9 Å². The molecule has 3 atom stereocenters. The summed E-state index contributed by atoms with van der Waals surface area (Å²) in [4.78, 5) is 57.8. The number of nitrogens with zero attached hydrogens (tertiary/aromatic N) is 2. The zero-order valence-corrected chi connectivity index (χ0v) is 19.7. The Morgan fingerprint density at radius 3 is 2.06 bits per heavy atom. The zero-order chi connectivity index (χ0) is 25.5. The molecule has 0 aliphatic carbocycles. The minimum absolute atomic E-state index is 0.138. The molecule has 1 unspecified atom stereocenters. The molecule has 11 heteroatoms. The van der Waals surface area contributed by atoms with Crippen molar-refractivity contribution >= 4 is 45.7 Å². The average Bonchev–Trinajstić information content (AvgIpc) is 2.89. The first-order valence-corrected chi connectivity index (χ1v) is 11.3. The number of carboxylic acids is 2. The normalized spacial score (nSPS) is 24.3. The Labute approximate surface area is 193 Å². The summed E-state index contributed by atoms with van der Waals surface area (Å²) in [5.41, 5.74) is -0.268. The van der Waals surface area contributed by atoms with Crippen LogP contribution in [-0.4, -0.2) is 65.7 Å². The van der Waals surface area contributed by atoms with Gasteiger partial charge in [0.2, 0.25) is 0 Å². The molecule has 178 valence electrons. The summed E-state index contributed by atoms with van der Waals surface area (Å²) in [5.74, 6) is 1.25. The van der Waals surface area contributed by atoms with E-state index in [-0.39, 0.29) is 16.8 Å². The van der Waals surface area contributed by atoms with Crippen LogP contribution in [0, 0.1) is 15.5 Å². The van der Waals surface area contributed by atoms with E-state index in [1.54, 1.807) is 34.6 Å². The number of rotatable bonds is 4. The monoisotopic (exact) mass is 478 g/mol. The molecule has 1 aromatic carbocycles. The molecular formula is C22H26N2O8S. The lowest BCUT2D eigenvalue weighted by Gasteiger charge is -2.39. The molecule has 33 heavy (non-hydrogen) atoms. The number of fused-ring (bicyclic) bond motifs is 1. The van der Waals surface area contributed by atoms with Gasteiger partial charge in [0.05, 0.1) is 15.9 Å². The highest BCUT2D eigenvalue weighted by Crippen LogP contribution is 2.56. The van der Waals surface area contributed by atoms with Crippen LogP contribution in [0.2, 0.25) is 0 Å². The smallest absolute Gasteiger partial charge is 0.327 e. The molecule has 0 spiro atoms. The number of ketones is 1. The van der Waals surface area contributed by atoms with E-state index in [1.807, 2.05) is 0 Å². The molecule has 2 saturated heterocycles. The third-order valence-electron chi connectivity index (χ3n) is 5.41. The second-order valence-electron chi connectivity index (χ2n) is 9.16. The molecule has 1 amide bonds. The Morgan fingerprint density at radius 1 is 1.18 bits per heavy atom. The topological polar surface area (TPSA) is 155 Å². The molecule has 10 nitrogen and oxygen atoms in total. The van der Waals surface area contributed by atoms with E-state index in [9.17, 15) is 34.4 Å². The summed E-state index contributed by atoms with van der Waals surface area (Å²) in [7, 11) is -0.691. The van der Waals surface area contributed by atoms with Gasteiger partial charge in [-0.2, -0.15) is 10.5 Å². The van der Waals surface area contributed by atoms with Crippen molar-refractivity contribution in [2.24, 2.45) is 5.41 Å². The van der Waals surface area contributed by atoms with E-state index < -0.39 is 60.6 Å². The van der Waals surface area contributed by atoms with Crippen molar-refractivity contribution in [3.8, 4) is 0 Å². The number of aliphatic carboxylic acids is 2. The molecule has 0 saturated carbocycles. The maximum atomic E-state index is 12.4. The Morgan fingerprint density at radius 2 is 1.67 bits per heavy atom. The molecular weight excluding hydrogens is 452 g/mol. The lowest BCUT2D eigenvalue weighted by Crippen LogP contribution is -2.58. The van der Waals surface area contributed by atoms with Crippen molar-refractivity contribution in [3.05, 3.63) is 51.6 Å². The largest absolute Gasteiger partial charge is 0.481 e. The highest BCUT2D eigenvalue weighted by atomic mass is 32.2. The van der Waals surface area contributed by atoms with Crippen LogP contribution in [0.5, 0.6) is 0 Å². The Kier molecular flexibility index (Phi) is 6.98. The maximum absolute atomic E-state index is 12.4. The molecule has 2 aliphatic rings. The number of hydrogen-bond donors (Lipinski definition) is 2. The van der Waals surface area contributed by atoms with Crippen LogP contribution in [-0.2, 0) is 14.4 Å². The summed E-state index contributed by atoms with van der Waals surface area (Å²) in [6.07, 6.45) is 1.19. The fourth-order valence-electron chi connectivity index (χ4n) is 3.28. The second kappa shape index (κ2) is 8.89. The number of β-lactam (4-membered cyclic amide) rings is 1. The standard InChI is InChI=1S/C17H16N2O6S.C5H10O2/c1-17(2)13(16(22)23)18-14(21)11(15(18)26(17)3)8-12(20)9-4-6-10(7-5-9)19(24)25;1-5(2,3)4(6)7/h4-8,13,15H,3H2,1-2H3,(H,22,23);1-3H3,(H,6,7)/t13-,15+,26?;/m0./s1. The van der Waals surface area contributed by atoms with Crippen LogP contribution in [0.1, 0.15) is 45.0 Å². The lowest BCUT2D eigenvalue weighted by molar-refractivity contribution is -0.384. The van der Waals surface area contributed by atoms with Crippen molar-refractivity contribution < 1.29 is 34.3 Å². The summed E-state index contributed by atoms with van der Waals surface area (Å²) < 4.78 is -0.710. The number of benzene rings is 1. The fraction of sp³-hybridized carbons (Fsp3) is 0.409. The first-order chi connectivity index (χ1) is 15.0. The molecule has 3 rings (SSSR count). The average molecular weight is 479 g/mol. The number of hydrogen-bond acceptors (Lipinski definition) is 6. The molecule has 2 fully saturated rings. The molecule has 0 aromatic heterocycles. The number of nitro benzene ring substituents is 1. The van der Waals surface area contributed by atoms with Crippen LogP contribution in [0.3, 0.4) is 0 Å². The number of nitro groups is 1. The van der Waals surface area contributed by atoms with Gasteiger partial charge in [-0.1, -0.05) is 5.87 Å². The number of amides is 1. The van der Waals surface area contributed by atoms with Gasteiger partial charge in [0.1, 0.15) is 11.4 Å².